The molecule has 1 aliphatic heterocycles. The van der Waals surface area contributed by atoms with Crippen LogP contribution in [0.4, 0.5) is 0 Å². The fourth-order valence-corrected chi connectivity index (χ4v) is 2.83. The average molecular weight is 418 g/mol. The van der Waals surface area contributed by atoms with Gasteiger partial charge in [0.1, 0.15) is 5.75 Å². The molecule has 1 heterocycles. The average Bonchev–Trinajstić information content (AvgIpc) is 3.02. The Morgan fingerprint density at radius 3 is 2.35 bits per heavy atom. The Hall–Kier alpha value is -2.80. The molecule has 0 spiro atoms. The van der Waals surface area contributed by atoms with Gasteiger partial charge in [-0.2, -0.15) is 0 Å². The van der Waals surface area contributed by atoms with Gasteiger partial charge in [0.05, 0.1) is 26.9 Å². The van der Waals surface area contributed by atoms with Crippen molar-refractivity contribution in [2.75, 3.05) is 21.3 Å². The van der Waals surface area contributed by atoms with Crippen molar-refractivity contribution in [3.8, 4) is 17.2 Å². The lowest BCUT2D eigenvalue weighted by Gasteiger charge is -2.07. The zero-order valence-corrected chi connectivity index (χ0v) is 16.0. The number of aliphatic imine (C=N–C) groups is 1. The van der Waals surface area contributed by atoms with Crippen LogP contribution in [-0.4, -0.2) is 33.2 Å². The van der Waals surface area contributed by atoms with E-state index in [1.165, 1.54) is 0 Å². The van der Waals surface area contributed by atoms with Gasteiger partial charge in [0, 0.05) is 4.47 Å². The molecule has 1 aliphatic rings. The van der Waals surface area contributed by atoms with E-state index in [1.54, 1.807) is 57.7 Å². The number of hydrogen-bond donors (Lipinski definition) is 0. The van der Waals surface area contributed by atoms with Crippen LogP contribution in [0.2, 0.25) is 0 Å². The summed E-state index contributed by atoms with van der Waals surface area (Å²) in [7, 11) is 4.66. The molecular weight excluding hydrogens is 402 g/mol. The molecule has 26 heavy (non-hydrogen) atoms. The molecule has 3 rings (SSSR count). The maximum atomic E-state index is 12.2. The summed E-state index contributed by atoms with van der Waals surface area (Å²) in [6.45, 7) is 0. The van der Waals surface area contributed by atoms with Crippen LogP contribution in [0.1, 0.15) is 11.1 Å². The van der Waals surface area contributed by atoms with Crippen LogP contribution in [0.25, 0.3) is 6.08 Å². The highest BCUT2D eigenvalue weighted by atomic mass is 79.9. The van der Waals surface area contributed by atoms with Crippen LogP contribution in [-0.2, 0) is 9.53 Å². The van der Waals surface area contributed by atoms with Gasteiger partial charge in [-0.25, -0.2) is 9.79 Å². The predicted molar refractivity (Wildman–Crippen MR) is 101 cm³/mol. The van der Waals surface area contributed by atoms with Gasteiger partial charge in [0.25, 0.3) is 0 Å². The fraction of sp³-hybridized carbons (Fsp3) is 0.158. The van der Waals surface area contributed by atoms with Crippen LogP contribution in [0.3, 0.4) is 0 Å². The van der Waals surface area contributed by atoms with Gasteiger partial charge < -0.3 is 18.9 Å². The number of hydrogen-bond acceptors (Lipinski definition) is 6. The van der Waals surface area contributed by atoms with Gasteiger partial charge in [0.15, 0.2) is 17.2 Å². The third-order valence-corrected chi connectivity index (χ3v) is 4.22. The molecule has 0 fully saturated rings. The quantitative estimate of drug-likeness (QED) is 0.546. The molecule has 0 amide bonds. The molecule has 0 saturated heterocycles. The number of carbonyl (C=O) groups is 1. The maximum absolute atomic E-state index is 12.2. The second-order valence-electron chi connectivity index (χ2n) is 5.30. The molecule has 2 aromatic carbocycles. The van der Waals surface area contributed by atoms with Gasteiger partial charge >= 0.3 is 5.97 Å². The summed E-state index contributed by atoms with van der Waals surface area (Å²) in [5.41, 5.74) is 1.51. The van der Waals surface area contributed by atoms with Gasteiger partial charge in [-0.15, -0.1) is 0 Å². The van der Waals surface area contributed by atoms with Gasteiger partial charge in [0.2, 0.25) is 5.90 Å². The van der Waals surface area contributed by atoms with E-state index in [9.17, 15) is 4.79 Å². The van der Waals surface area contributed by atoms with Gasteiger partial charge in [-0.3, -0.25) is 0 Å². The minimum Gasteiger partial charge on any atom is -0.496 e. The lowest BCUT2D eigenvalue weighted by Crippen LogP contribution is -2.07. The third-order valence-electron chi connectivity index (χ3n) is 3.72. The lowest BCUT2D eigenvalue weighted by molar-refractivity contribution is -0.129. The Morgan fingerprint density at radius 1 is 0.962 bits per heavy atom. The summed E-state index contributed by atoms with van der Waals surface area (Å²) in [6.07, 6.45) is 1.63. The number of methoxy groups -OCH3 is 3. The van der Waals surface area contributed by atoms with Crippen molar-refractivity contribution >= 4 is 33.9 Å². The van der Waals surface area contributed by atoms with Crippen LogP contribution in [0.15, 0.2) is 51.6 Å². The smallest absolute Gasteiger partial charge is 0.363 e. The monoisotopic (exact) mass is 417 g/mol. The van der Waals surface area contributed by atoms with Gasteiger partial charge in [-0.1, -0.05) is 22.0 Å². The van der Waals surface area contributed by atoms with Crippen LogP contribution < -0.4 is 14.2 Å². The Bertz CT molecular complexity index is 920. The summed E-state index contributed by atoms with van der Waals surface area (Å²) >= 11 is 3.39. The largest absolute Gasteiger partial charge is 0.496 e. The minimum absolute atomic E-state index is 0.189. The normalized spacial score (nSPS) is 14.8. The number of halogens is 1. The van der Waals surface area contributed by atoms with E-state index in [-0.39, 0.29) is 11.6 Å². The Balaban J connectivity index is 1.98. The first-order valence-corrected chi connectivity index (χ1v) is 8.43. The molecule has 0 bridgehead atoms. The van der Waals surface area contributed by atoms with Crippen molar-refractivity contribution in [3.63, 3.8) is 0 Å². The first-order valence-electron chi connectivity index (χ1n) is 7.64. The van der Waals surface area contributed by atoms with Crippen molar-refractivity contribution in [3.05, 3.63) is 57.7 Å². The van der Waals surface area contributed by atoms with Crippen molar-refractivity contribution in [2.24, 2.45) is 4.99 Å². The molecule has 6 nitrogen and oxygen atoms in total. The van der Waals surface area contributed by atoms with E-state index >= 15 is 0 Å². The summed E-state index contributed by atoms with van der Waals surface area (Å²) in [5.74, 6) is 1.39. The molecule has 0 N–H and O–H groups in total. The van der Waals surface area contributed by atoms with E-state index in [2.05, 4.69) is 20.9 Å². The molecule has 0 unspecified atom stereocenters. The topological polar surface area (TPSA) is 66.3 Å². The van der Waals surface area contributed by atoms with Crippen LogP contribution in [0, 0.1) is 0 Å². The van der Waals surface area contributed by atoms with E-state index in [4.69, 9.17) is 18.9 Å². The number of cyclic esters (lactones) is 1. The fourth-order valence-electron chi connectivity index (χ4n) is 2.47. The van der Waals surface area contributed by atoms with Crippen LogP contribution in [0.5, 0.6) is 17.2 Å². The number of ether oxygens (including phenoxy) is 4. The number of rotatable bonds is 5. The van der Waals surface area contributed by atoms with Crippen molar-refractivity contribution < 1.29 is 23.7 Å². The number of nitrogens with zero attached hydrogens (tertiary/aromatic N) is 1. The maximum Gasteiger partial charge on any atom is 0.363 e. The summed E-state index contributed by atoms with van der Waals surface area (Å²) < 4.78 is 21.9. The first-order chi connectivity index (χ1) is 12.5. The highest BCUT2D eigenvalue weighted by Gasteiger charge is 2.26. The van der Waals surface area contributed by atoms with Gasteiger partial charge in [-0.05, 0) is 42.0 Å². The SMILES string of the molecule is COc1ccc(/C=C2/N=C(c3cc(Br)ccc3OC)OC2=O)cc1OC. The van der Waals surface area contributed by atoms with Crippen LogP contribution >= 0.6 is 15.9 Å². The van der Waals surface area contributed by atoms with E-state index < -0.39 is 5.97 Å². The highest BCUT2D eigenvalue weighted by Crippen LogP contribution is 2.30. The molecule has 7 heteroatoms. The van der Waals surface area contributed by atoms with Crippen molar-refractivity contribution in [1.29, 1.82) is 0 Å². The summed E-state index contributed by atoms with van der Waals surface area (Å²) in [4.78, 5) is 16.5. The van der Waals surface area contributed by atoms with E-state index in [1.807, 2.05) is 6.07 Å². The number of esters is 1. The molecule has 0 aliphatic carbocycles. The van der Waals surface area contributed by atoms with E-state index in [0.29, 0.717) is 22.8 Å². The molecule has 134 valence electrons. The zero-order valence-electron chi connectivity index (χ0n) is 14.4. The second-order valence-corrected chi connectivity index (χ2v) is 6.21. The Kier molecular flexibility index (Phi) is 5.27. The van der Waals surface area contributed by atoms with Crippen molar-refractivity contribution in [1.82, 2.24) is 0 Å². The Morgan fingerprint density at radius 2 is 1.65 bits per heavy atom. The molecule has 0 aromatic heterocycles. The summed E-state index contributed by atoms with van der Waals surface area (Å²) in [5, 5.41) is 0. The standard InChI is InChI=1S/C19H16BrNO5/c1-23-15-7-5-12(20)10-13(15)18-21-14(19(22)26-18)8-11-4-6-16(24-2)17(9-11)25-3/h4-10H,1-3H3/b14-8+. The molecule has 0 atom stereocenters. The lowest BCUT2D eigenvalue weighted by atomic mass is 10.1. The molecule has 0 saturated carbocycles. The zero-order chi connectivity index (χ0) is 18.7. The second kappa shape index (κ2) is 7.61. The number of carbonyl (C=O) groups excluding carboxylic acids is 1. The molecule has 0 radical (unpaired) electrons. The van der Waals surface area contributed by atoms with Crippen molar-refractivity contribution in [2.45, 2.75) is 0 Å². The highest BCUT2D eigenvalue weighted by molar-refractivity contribution is 9.10. The number of benzene rings is 2. The summed E-state index contributed by atoms with van der Waals surface area (Å²) in [6, 6.07) is 10.7. The minimum atomic E-state index is -0.531. The predicted octanol–water partition coefficient (Wildman–Crippen LogP) is 3.82. The molecular formula is C19H16BrNO5. The first kappa shape index (κ1) is 18.0. The van der Waals surface area contributed by atoms with E-state index in [0.717, 1.165) is 10.0 Å². The third kappa shape index (κ3) is 3.57. The Labute approximate surface area is 159 Å². The molecule has 2 aromatic rings.